The van der Waals surface area contributed by atoms with Crippen molar-refractivity contribution in [1.82, 2.24) is 14.9 Å². The molecule has 2 atom stereocenters. The van der Waals surface area contributed by atoms with Crippen LogP contribution < -0.4 is 5.43 Å². The first kappa shape index (κ1) is 14.8. The van der Waals surface area contributed by atoms with E-state index in [1.165, 1.54) is 23.9 Å². The van der Waals surface area contributed by atoms with Crippen molar-refractivity contribution in [2.24, 2.45) is 0 Å². The molecule has 0 unspecified atom stereocenters. The van der Waals surface area contributed by atoms with Gasteiger partial charge in [-0.3, -0.25) is 4.79 Å². The Labute approximate surface area is 131 Å². The van der Waals surface area contributed by atoms with Crippen molar-refractivity contribution in [3.05, 3.63) is 41.5 Å². The van der Waals surface area contributed by atoms with Gasteiger partial charge in [0.25, 0.3) is 0 Å². The maximum Gasteiger partial charge on any atom is 0.322 e. The highest BCUT2D eigenvalue weighted by Crippen LogP contribution is 2.37. The fourth-order valence-electron chi connectivity index (χ4n) is 2.28. The van der Waals surface area contributed by atoms with E-state index in [2.05, 4.69) is 15.6 Å². The fraction of sp³-hybridized carbons (Fsp3) is 0.357. The number of rotatable bonds is 3. The molecule has 1 aliphatic heterocycles. The van der Waals surface area contributed by atoms with Gasteiger partial charge in [0.15, 0.2) is 0 Å². The first-order valence-corrected chi connectivity index (χ1v) is 7.75. The fourth-order valence-corrected chi connectivity index (χ4v) is 3.41. The quantitative estimate of drug-likeness (QED) is 0.872. The number of halogens is 1. The third-order valence-corrected chi connectivity index (χ3v) is 4.54. The number of nitrogens with one attached hydrogen (secondary N) is 1. The summed E-state index contributed by atoms with van der Waals surface area (Å²) in [5, 5.41) is 8.13. The Morgan fingerprint density at radius 3 is 2.82 bits per heavy atom. The molecule has 3 rings (SSSR count). The predicted molar refractivity (Wildman–Crippen MR) is 79.5 cm³/mol. The van der Waals surface area contributed by atoms with Crippen LogP contribution in [-0.4, -0.2) is 32.7 Å². The summed E-state index contributed by atoms with van der Waals surface area (Å²) in [5.41, 5.74) is 4.01. The molecule has 0 radical (unpaired) electrons. The van der Waals surface area contributed by atoms with Crippen molar-refractivity contribution in [3.8, 4) is 0 Å². The molecule has 116 valence electrons. The Bertz CT molecular complexity index is 689. The van der Waals surface area contributed by atoms with Crippen LogP contribution in [0.5, 0.6) is 0 Å². The molecule has 1 aromatic carbocycles. The van der Waals surface area contributed by atoms with Gasteiger partial charge in [0.1, 0.15) is 16.9 Å². The molecule has 0 saturated heterocycles. The Morgan fingerprint density at radius 1 is 1.41 bits per heavy atom. The summed E-state index contributed by atoms with van der Waals surface area (Å²) in [6.07, 6.45) is 0. The molecule has 0 spiro atoms. The van der Waals surface area contributed by atoms with Crippen molar-refractivity contribution in [1.29, 1.82) is 0 Å². The van der Waals surface area contributed by atoms with Gasteiger partial charge in [-0.1, -0.05) is 23.9 Å². The van der Waals surface area contributed by atoms with E-state index in [0.29, 0.717) is 17.6 Å². The zero-order valence-electron chi connectivity index (χ0n) is 12.1. The van der Waals surface area contributed by atoms with Crippen molar-refractivity contribution in [2.45, 2.75) is 30.3 Å². The number of carbonyl (C=O) groups excluding carboxylic acids is 1. The van der Waals surface area contributed by atoms with Crippen molar-refractivity contribution >= 4 is 17.7 Å². The minimum atomic E-state index is -0.512. The van der Waals surface area contributed by atoms with Gasteiger partial charge in [-0.05, 0) is 31.5 Å². The van der Waals surface area contributed by atoms with Gasteiger partial charge >= 0.3 is 5.97 Å². The number of nitrogens with zero attached hydrogens (tertiary/aromatic N) is 3. The van der Waals surface area contributed by atoms with Gasteiger partial charge in [0, 0.05) is 0 Å². The van der Waals surface area contributed by atoms with Gasteiger partial charge in [-0.25, -0.2) is 9.07 Å². The number of thioether (sulfide) groups is 1. The Hall–Kier alpha value is -2.09. The van der Waals surface area contributed by atoms with E-state index in [9.17, 15) is 9.18 Å². The number of hydrogen-bond acceptors (Lipinski definition) is 6. The maximum absolute atomic E-state index is 13.1. The molecule has 2 heterocycles. The molecule has 22 heavy (non-hydrogen) atoms. The Kier molecular flexibility index (Phi) is 4.02. The molecule has 2 aromatic rings. The largest absolute Gasteiger partial charge is 0.465 e. The minimum absolute atomic E-state index is 0.303. The number of aromatic nitrogens is 3. The third kappa shape index (κ3) is 2.66. The Morgan fingerprint density at radius 2 is 2.14 bits per heavy atom. The lowest BCUT2D eigenvalue weighted by Gasteiger charge is -2.32. The number of hydrogen-bond donors (Lipinski definition) is 1. The van der Waals surface area contributed by atoms with E-state index in [1.54, 1.807) is 23.7 Å². The molecule has 0 aliphatic carbocycles. The first-order valence-electron chi connectivity index (χ1n) is 6.87. The van der Waals surface area contributed by atoms with E-state index in [1.807, 2.05) is 6.92 Å². The molecule has 0 saturated carbocycles. The van der Waals surface area contributed by atoms with Gasteiger partial charge in [0.2, 0.25) is 5.16 Å². The highest BCUT2D eigenvalue weighted by molar-refractivity contribution is 8.00. The van der Waals surface area contributed by atoms with Crippen LogP contribution in [-0.2, 0) is 9.53 Å². The van der Waals surface area contributed by atoms with E-state index < -0.39 is 5.25 Å². The highest BCUT2D eigenvalue weighted by atomic mass is 32.2. The monoisotopic (exact) mass is 322 g/mol. The second-order valence-corrected chi connectivity index (χ2v) is 5.92. The Balaban J connectivity index is 1.97. The number of ether oxygens (including phenoxy) is 1. The number of esters is 1. The van der Waals surface area contributed by atoms with Gasteiger partial charge < -0.3 is 10.2 Å². The lowest BCUT2D eigenvalue weighted by atomic mass is 10.0. The van der Waals surface area contributed by atoms with E-state index in [0.717, 1.165) is 5.56 Å². The van der Waals surface area contributed by atoms with E-state index in [4.69, 9.17) is 4.74 Å². The van der Waals surface area contributed by atoms with Crippen LogP contribution in [0.3, 0.4) is 0 Å². The van der Waals surface area contributed by atoms with E-state index in [-0.39, 0.29) is 17.8 Å². The standard InChI is InChI=1S/C14H15FN4O2S/c1-3-21-13(20)12-11(9-4-6-10(15)7-5-9)18-19-8(2)16-17-14(19)22-12/h4-7,11-12,18H,3H2,1-2H3/t11-,12+/m1/s1. The topological polar surface area (TPSA) is 69.0 Å². The molecule has 0 amide bonds. The number of carbonyl (C=O) groups is 1. The summed E-state index contributed by atoms with van der Waals surface area (Å²) in [6, 6.07) is 5.71. The first-order chi connectivity index (χ1) is 10.6. The third-order valence-electron chi connectivity index (χ3n) is 3.35. The summed E-state index contributed by atoms with van der Waals surface area (Å²) < 4.78 is 20.0. The van der Waals surface area contributed by atoms with Crippen LogP contribution in [0.4, 0.5) is 4.39 Å². The summed E-state index contributed by atoms with van der Waals surface area (Å²) in [4.78, 5) is 12.3. The molecular formula is C14H15FN4O2S. The van der Waals surface area contributed by atoms with Crippen molar-refractivity contribution in [2.75, 3.05) is 12.0 Å². The molecule has 0 bridgehead atoms. The number of aryl methyl sites for hydroxylation is 1. The molecule has 6 nitrogen and oxygen atoms in total. The second kappa shape index (κ2) is 5.96. The highest BCUT2D eigenvalue weighted by Gasteiger charge is 2.38. The van der Waals surface area contributed by atoms with Gasteiger partial charge in [-0.15, -0.1) is 10.2 Å². The molecule has 0 fully saturated rings. The SMILES string of the molecule is CCOC(=O)[C@H]1Sc2nnc(C)n2N[C@@H]1c1ccc(F)cc1. The van der Waals surface area contributed by atoms with Crippen LogP contribution in [0, 0.1) is 12.7 Å². The average molecular weight is 322 g/mol. The van der Waals surface area contributed by atoms with E-state index >= 15 is 0 Å². The van der Waals surface area contributed by atoms with Crippen LogP contribution in [0.1, 0.15) is 24.4 Å². The smallest absolute Gasteiger partial charge is 0.322 e. The summed E-state index contributed by atoms with van der Waals surface area (Å²) >= 11 is 1.29. The molecule has 1 aromatic heterocycles. The summed E-state index contributed by atoms with van der Waals surface area (Å²) in [5.74, 6) is 0.0409. The zero-order valence-corrected chi connectivity index (χ0v) is 12.9. The van der Waals surface area contributed by atoms with Gasteiger partial charge in [-0.2, -0.15) is 0 Å². The number of fused-ring (bicyclic) bond motifs is 1. The lowest BCUT2D eigenvalue weighted by Crippen LogP contribution is -2.39. The molecule has 8 heteroatoms. The number of benzene rings is 1. The molecular weight excluding hydrogens is 307 g/mol. The maximum atomic E-state index is 13.1. The lowest BCUT2D eigenvalue weighted by molar-refractivity contribution is -0.142. The summed E-state index contributed by atoms with van der Waals surface area (Å²) in [7, 11) is 0. The van der Waals surface area contributed by atoms with Crippen LogP contribution in [0.25, 0.3) is 0 Å². The molecule has 1 N–H and O–H groups in total. The summed E-state index contributed by atoms with van der Waals surface area (Å²) in [6.45, 7) is 3.88. The predicted octanol–water partition coefficient (Wildman–Crippen LogP) is 2.05. The van der Waals surface area contributed by atoms with Crippen LogP contribution >= 0.6 is 11.8 Å². The van der Waals surface area contributed by atoms with Crippen molar-refractivity contribution in [3.63, 3.8) is 0 Å². The van der Waals surface area contributed by atoms with Gasteiger partial charge in [0.05, 0.1) is 12.6 Å². The normalized spacial score (nSPS) is 20.1. The minimum Gasteiger partial charge on any atom is -0.465 e. The molecule has 1 aliphatic rings. The second-order valence-electron chi connectivity index (χ2n) is 4.81. The average Bonchev–Trinajstić information content (AvgIpc) is 2.88. The van der Waals surface area contributed by atoms with Crippen LogP contribution in [0.2, 0.25) is 0 Å². The van der Waals surface area contributed by atoms with Crippen molar-refractivity contribution < 1.29 is 13.9 Å². The zero-order chi connectivity index (χ0) is 15.7. The van der Waals surface area contributed by atoms with Crippen LogP contribution in [0.15, 0.2) is 29.4 Å².